The first kappa shape index (κ1) is 45.3. The molecule has 0 aliphatic rings. The van der Waals surface area contributed by atoms with Crippen LogP contribution in [0.1, 0.15) is 22.3 Å². The summed E-state index contributed by atoms with van der Waals surface area (Å²) < 4.78 is 22.1. The molecule has 0 spiro atoms. The summed E-state index contributed by atoms with van der Waals surface area (Å²) in [4.78, 5) is 0. The number of aryl methyl sites for hydroxylation is 6. The lowest BCUT2D eigenvalue weighted by Gasteiger charge is -2.04. The Hall–Kier alpha value is -8.50. The molecule has 10 heteroatoms. The van der Waals surface area contributed by atoms with Crippen LogP contribution in [0.25, 0.3) is 56.4 Å². The summed E-state index contributed by atoms with van der Waals surface area (Å²) in [5.41, 5.74) is 16.9. The first-order valence-corrected chi connectivity index (χ1v) is 23.9. The summed E-state index contributed by atoms with van der Waals surface area (Å²) >= 11 is 0. The van der Waals surface area contributed by atoms with Crippen LogP contribution in [0, 0.1) is 0 Å². The van der Waals surface area contributed by atoms with Crippen molar-refractivity contribution in [3.63, 3.8) is 0 Å². The van der Waals surface area contributed by atoms with Crippen LogP contribution in [-0.4, -0.2) is 0 Å². The second-order valence-electron chi connectivity index (χ2n) is 18.6. The van der Waals surface area contributed by atoms with Crippen LogP contribution in [0.4, 0.5) is 0 Å². The van der Waals surface area contributed by atoms with E-state index >= 15 is 0 Å². The molecule has 0 aromatic carbocycles. The van der Waals surface area contributed by atoms with Gasteiger partial charge < -0.3 is 0 Å². The molecule has 70 heavy (non-hydrogen) atoms. The molecule has 0 N–H and O–H groups in total. The molecule has 0 saturated heterocycles. The van der Waals surface area contributed by atoms with Gasteiger partial charge in [0.25, 0.3) is 34.2 Å². The number of rotatable bonds is 13. The highest BCUT2D eigenvalue weighted by Gasteiger charge is 2.24. The number of hydrogen-bond donors (Lipinski definition) is 0. The van der Waals surface area contributed by atoms with Crippen molar-refractivity contribution in [2.45, 2.75) is 26.2 Å². The van der Waals surface area contributed by atoms with E-state index in [2.05, 4.69) is 308 Å². The van der Waals surface area contributed by atoms with Gasteiger partial charge in [-0.25, -0.2) is 18.3 Å². The van der Waals surface area contributed by atoms with Crippen LogP contribution in [0.2, 0.25) is 0 Å². The highest BCUT2D eigenvalue weighted by atomic mass is 15.0. The molecule has 0 atom stereocenters. The van der Waals surface area contributed by atoms with Crippen molar-refractivity contribution >= 4 is 0 Å². The van der Waals surface area contributed by atoms with Crippen molar-refractivity contribution in [1.29, 1.82) is 0 Å². The summed E-state index contributed by atoms with van der Waals surface area (Å²) in [6.45, 7) is 3.19. The van der Waals surface area contributed by atoms with Crippen molar-refractivity contribution in [2.24, 2.45) is 42.3 Å². The van der Waals surface area contributed by atoms with Crippen LogP contribution < -0.4 is 45.7 Å². The van der Waals surface area contributed by atoms with Gasteiger partial charge in [-0.15, -0.1) is 0 Å². The number of hydrogen-bond acceptors (Lipinski definition) is 0. The van der Waals surface area contributed by atoms with E-state index in [1.165, 1.54) is 67.3 Å². The molecule has 0 bridgehead atoms. The second-order valence-corrected chi connectivity index (χ2v) is 18.6. The lowest BCUT2D eigenvalue weighted by Crippen LogP contribution is -2.41. The van der Waals surface area contributed by atoms with E-state index in [1.54, 1.807) is 0 Å². The Morgan fingerprint density at radius 1 is 0.229 bits per heavy atom. The predicted octanol–water partition coefficient (Wildman–Crippen LogP) is 4.31. The first-order chi connectivity index (χ1) is 34.1. The summed E-state index contributed by atoms with van der Waals surface area (Å²) in [5.74, 6) is 0. The monoisotopic (exact) mass is 923 g/mol. The zero-order valence-corrected chi connectivity index (χ0v) is 41.1. The third-order valence-corrected chi connectivity index (χ3v) is 13.4. The molecule has 10 heterocycles. The normalized spacial score (nSPS) is 11.2. The Morgan fingerprint density at radius 2 is 0.457 bits per heavy atom. The third kappa shape index (κ3) is 10.2. The van der Waals surface area contributed by atoms with Crippen molar-refractivity contribution in [1.82, 2.24) is 0 Å². The molecule has 10 rings (SSSR count). The van der Waals surface area contributed by atoms with Gasteiger partial charge in [-0.05, 0) is 58.7 Å². The smallest absolute Gasteiger partial charge is 0.200 e. The average Bonchev–Trinajstić information content (AvgIpc) is 3.36. The van der Waals surface area contributed by atoms with E-state index in [1.807, 2.05) is 0 Å². The molecule has 10 nitrogen and oxygen atoms in total. The zero-order valence-electron chi connectivity index (χ0n) is 41.1. The maximum absolute atomic E-state index is 2.24. The molecule has 0 fully saturated rings. The van der Waals surface area contributed by atoms with Crippen molar-refractivity contribution < 1.29 is 45.7 Å². The largest absolute Gasteiger partial charge is 0.277 e. The Morgan fingerprint density at radius 3 is 0.671 bits per heavy atom. The first-order valence-electron chi connectivity index (χ1n) is 23.9. The van der Waals surface area contributed by atoms with Gasteiger partial charge >= 0.3 is 0 Å². The highest BCUT2D eigenvalue weighted by molar-refractivity contribution is 5.62. The Labute approximate surface area is 411 Å². The van der Waals surface area contributed by atoms with Crippen molar-refractivity contribution in [3.8, 4) is 56.4 Å². The van der Waals surface area contributed by atoms with Crippen molar-refractivity contribution in [3.05, 3.63) is 242 Å². The van der Waals surface area contributed by atoms with Gasteiger partial charge in [0.1, 0.15) is 42.3 Å². The van der Waals surface area contributed by atoms with Gasteiger partial charge in [0.05, 0.1) is 22.3 Å². The van der Waals surface area contributed by atoms with Crippen LogP contribution in [0.15, 0.2) is 220 Å². The summed E-state index contributed by atoms with van der Waals surface area (Å²) in [6, 6.07) is 48.0. The fourth-order valence-electron chi connectivity index (χ4n) is 9.54. The summed E-state index contributed by atoms with van der Waals surface area (Å²) in [5, 5.41) is 0. The predicted molar refractivity (Wildman–Crippen MR) is 264 cm³/mol. The van der Waals surface area contributed by atoms with Gasteiger partial charge in [-0.2, -0.15) is 27.4 Å². The Balaban J connectivity index is 0.724. The molecule has 10 aromatic rings. The number of pyridine rings is 10. The lowest BCUT2D eigenvalue weighted by molar-refractivity contribution is -0.702. The van der Waals surface area contributed by atoms with E-state index in [0.717, 1.165) is 37.6 Å². The summed E-state index contributed by atoms with van der Waals surface area (Å²) in [6.07, 6.45) is 30.5. The highest BCUT2D eigenvalue weighted by Crippen LogP contribution is 2.19. The lowest BCUT2D eigenvalue weighted by atomic mass is 10.1. The topological polar surface area (TPSA) is 38.8 Å². The fraction of sp³-hybridized carbons (Fsp3) is 0.167. The fourth-order valence-corrected chi connectivity index (χ4v) is 9.54. The van der Waals surface area contributed by atoms with E-state index in [9.17, 15) is 0 Å². The van der Waals surface area contributed by atoms with Gasteiger partial charge in [0.2, 0.25) is 0 Å². The molecule has 0 aliphatic heterocycles. The van der Waals surface area contributed by atoms with Crippen LogP contribution in [0.3, 0.4) is 0 Å². The molecule has 342 valence electrons. The van der Waals surface area contributed by atoms with Crippen LogP contribution in [0.5, 0.6) is 0 Å². The number of aromatic nitrogens is 10. The molecule has 10 aromatic heterocycles. The molecule has 0 amide bonds. The standard InChI is InChI=1S/C60H62N10/c1-61-29-9-7-11-55(61)57-17-13-47(39-63(57)3)43-67-31-21-51(22-32-67)53-25-35-69(36-26-53)45-49-15-19-59(65(5)41-49)60-20-16-50(42-66(60)6)46-70-37-27-54(28-38-70)52-23-33-68(34-24-52)44-48-14-18-58(64(4)40-48)56-12-8-10-30-62(56)2/h7-42H,43-46H2,1-6H3/q+10. The summed E-state index contributed by atoms with van der Waals surface area (Å²) in [7, 11) is 12.7. The minimum atomic E-state index is 0.788. The van der Waals surface area contributed by atoms with E-state index < -0.39 is 0 Å². The third-order valence-electron chi connectivity index (χ3n) is 13.4. The van der Waals surface area contributed by atoms with Crippen molar-refractivity contribution in [2.75, 3.05) is 0 Å². The van der Waals surface area contributed by atoms with Gasteiger partial charge in [0, 0.05) is 97.1 Å². The van der Waals surface area contributed by atoms with Gasteiger partial charge in [-0.3, -0.25) is 0 Å². The Bertz CT molecular complexity index is 3240. The maximum atomic E-state index is 2.24. The minimum Gasteiger partial charge on any atom is -0.200 e. The molecule has 0 unspecified atom stereocenters. The SMILES string of the molecule is C[n+]1ccccc1-c1ccc(C[n+]2ccc(-c3cc[n+](Cc4ccc(-c5ccc(C[n+]6ccc(-c7cc[n+](Cc8ccc(-c9cccc[n+]9C)[n+](C)c8)cc7)cc6)c[n+]5C)[n+](C)c4)cc3)cc2)c[n+]1C. The van der Waals surface area contributed by atoms with Gasteiger partial charge in [0.15, 0.2) is 113 Å². The molecule has 0 radical (unpaired) electrons. The molecular weight excluding hydrogens is 861 g/mol. The van der Waals surface area contributed by atoms with Crippen LogP contribution >= 0.6 is 0 Å². The maximum Gasteiger partial charge on any atom is 0.277 e. The molecule has 0 saturated carbocycles. The molecule has 0 aliphatic carbocycles. The van der Waals surface area contributed by atoms with E-state index in [-0.39, 0.29) is 0 Å². The van der Waals surface area contributed by atoms with Gasteiger partial charge in [-0.1, -0.05) is 0 Å². The quantitative estimate of drug-likeness (QED) is 0.155. The van der Waals surface area contributed by atoms with E-state index in [0.29, 0.717) is 0 Å². The molecular formula is C60H62N10+10. The number of nitrogens with zero attached hydrogens (tertiary/aromatic N) is 10. The van der Waals surface area contributed by atoms with E-state index in [4.69, 9.17) is 0 Å². The zero-order chi connectivity index (χ0) is 48.1. The average molecular weight is 923 g/mol. The second kappa shape index (κ2) is 20.0. The minimum absolute atomic E-state index is 0.788. The van der Waals surface area contributed by atoms with Crippen LogP contribution in [-0.2, 0) is 68.5 Å². The Kier molecular flexibility index (Phi) is 12.9.